The van der Waals surface area contributed by atoms with Crippen LogP contribution >= 0.6 is 11.3 Å². The Morgan fingerprint density at radius 2 is 2.17 bits per heavy atom. The molecule has 60 valence electrons. The number of fused-ring (bicyclic) bond motifs is 1. The van der Waals surface area contributed by atoms with Crippen molar-refractivity contribution < 1.29 is 9.90 Å². The van der Waals surface area contributed by atoms with Crippen LogP contribution in [0.2, 0.25) is 0 Å². The fraction of sp³-hybridized carbons (Fsp3) is 0. The average molecular weight is 178 g/mol. The molecule has 0 saturated carbocycles. The van der Waals surface area contributed by atoms with Gasteiger partial charge in [-0.15, -0.1) is 11.3 Å². The van der Waals surface area contributed by atoms with Crippen LogP contribution in [0.1, 0.15) is 9.67 Å². The van der Waals surface area contributed by atoms with E-state index in [-0.39, 0.29) is 0 Å². The Bertz CT molecular complexity index is 392. The Balaban J connectivity index is 2.71. The molecule has 2 rings (SSSR count). The molecule has 1 aliphatic heterocycles. The first-order chi connectivity index (χ1) is 5.79. The van der Waals surface area contributed by atoms with Crippen LogP contribution in [0, 0.1) is 0 Å². The Labute approximate surface area is 73.4 Å². The molecular weight excluding hydrogens is 172 g/mol. The van der Waals surface area contributed by atoms with Gasteiger partial charge in [-0.3, -0.25) is 0 Å². The van der Waals surface area contributed by atoms with Gasteiger partial charge in [0.25, 0.3) is 0 Å². The van der Waals surface area contributed by atoms with E-state index in [2.05, 4.69) is 0 Å². The fourth-order valence-corrected chi connectivity index (χ4v) is 1.95. The van der Waals surface area contributed by atoms with Gasteiger partial charge >= 0.3 is 5.97 Å². The van der Waals surface area contributed by atoms with E-state index in [4.69, 9.17) is 5.11 Å². The maximum Gasteiger partial charge on any atom is 0.346 e. The van der Waals surface area contributed by atoms with Crippen LogP contribution in [0.15, 0.2) is 29.6 Å². The van der Waals surface area contributed by atoms with Gasteiger partial charge in [-0.1, -0.05) is 18.2 Å². The van der Waals surface area contributed by atoms with Crippen LogP contribution in [0.4, 0.5) is 0 Å². The monoisotopic (exact) mass is 178 g/mol. The molecule has 0 saturated heterocycles. The minimum absolute atomic E-state index is 0.414. The number of aromatic carboxylic acids is 1. The van der Waals surface area contributed by atoms with Crippen LogP contribution in [0.25, 0.3) is 11.1 Å². The van der Waals surface area contributed by atoms with E-state index in [1.54, 1.807) is 5.38 Å². The summed E-state index contributed by atoms with van der Waals surface area (Å²) in [6, 6.07) is 7.53. The largest absolute Gasteiger partial charge is 0.477 e. The minimum Gasteiger partial charge on any atom is -0.477 e. The van der Waals surface area contributed by atoms with Crippen molar-refractivity contribution in [3.05, 3.63) is 34.5 Å². The zero-order chi connectivity index (χ0) is 8.55. The average Bonchev–Trinajstić information content (AvgIpc) is 2.49. The summed E-state index contributed by atoms with van der Waals surface area (Å²) in [5.74, 6) is -0.850. The molecule has 1 N–H and O–H groups in total. The van der Waals surface area contributed by atoms with Crippen LogP contribution in [-0.2, 0) is 0 Å². The summed E-state index contributed by atoms with van der Waals surface area (Å²) in [6.45, 7) is 0. The zero-order valence-corrected chi connectivity index (χ0v) is 6.97. The lowest BCUT2D eigenvalue weighted by Gasteiger charge is -2.00. The standard InChI is InChI=1S/C9H6O2S/c10-9(11)8-7-3-1-2-6(7)4-5-12-8/h1-5H,(H,10,11). The van der Waals surface area contributed by atoms with Crippen LogP contribution in [0.5, 0.6) is 0 Å². The molecule has 3 heteroatoms. The summed E-state index contributed by atoms with van der Waals surface area (Å²) >= 11 is 1.26. The molecule has 2 nitrogen and oxygen atoms in total. The van der Waals surface area contributed by atoms with Crippen LogP contribution in [0.3, 0.4) is 0 Å². The first-order valence-corrected chi connectivity index (χ1v) is 4.36. The molecule has 12 heavy (non-hydrogen) atoms. The van der Waals surface area contributed by atoms with E-state index >= 15 is 0 Å². The number of hydrogen-bond acceptors (Lipinski definition) is 2. The lowest BCUT2D eigenvalue weighted by Crippen LogP contribution is -1.95. The van der Waals surface area contributed by atoms with Gasteiger partial charge in [0.15, 0.2) is 0 Å². The van der Waals surface area contributed by atoms with Gasteiger partial charge in [-0.05, 0) is 17.0 Å². The van der Waals surface area contributed by atoms with Crippen molar-refractivity contribution in [1.82, 2.24) is 0 Å². The molecule has 0 aromatic carbocycles. The quantitative estimate of drug-likeness (QED) is 0.728. The number of hydrogen-bond donors (Lipinski definition) is 1. The third-order valence-corrected chi connectivity index (χ3v) is 2.62. The van der Waals surface area contributed by atoms with Crippen molar-refractivity contribution in [3.63, 3.8) is 0 Å². The summed E-state index contributed by atoms with van der Waals surface area (Å²) < 4.78 is 0. The molecule has 1 aliphatic carbocycles. The van der Waals surface area contributed by atoms with Gasteiger partial charge in [0.2, 0.25) is 0 Å². The normalized spacial score (nSPS) is 10.3. The van der Waals surface area contributed by atoms with Crippen molar-refractivity contribution in [2.45, 2.75) is 0 Å². The lowest BCUT2D eigenvalue weighted by atomic mass is 10.1. The summed E-state index contributed by atoms with van der Waals surface area (Å²) in [5, 5.41) is 10.6. The first-order valence-electron chi connectivity index (χ1n) is 3.48. The number of rotatable bonds is 1. The highest BCUT2D eigenvalue weighted by Crippen LogP contribution is 2.29. The molecule has 0 aromatic rings. The Kier molecular flexibility index (Phi) is 1.59. The lowest BCUT2D eigenvalue weighted by molar-refractivity contribution is 0.0703. The second kappa shape index (κ2) is 2.60. The molecule has 2 aliphatic rings. The number of carbonyl (C=O) groups is 1. The second-order valence-electron chi connectivity index (χ2n) is 2.45. The van der Waals surface area contributed by atoms with Gasteiger partial charge in [0.05, 0.1) is 0 Å². The van der Waals surface area contributed by atoms with Gasteiger partial charge in [0, 0.05) is 5.56 Å². The highest BCUT2D eigenvalue weighted by atomic mass is 32.1. The van der Waals surface area contributed by atoms with Crippen molar-refractivity contribution in [2.75, 3.05) is 0 Å². The van der Waals surface area contributed by atoms with Gasteiger partial charge in [0.1, 0.15) is 4.88 Å². The molecule has 0 unspecified atom stereocenters. The molecule has 0 bridgehead atoms. The SMILES string of the molecule is O=C(O)c1sccc2cccc1-2. The van der Waals surface area contributed by atoms with E-state index in [0.717, 1.165) is 11.1 Å². The number of carboxylic acid groups (broad SMARTS) is 1. The Morgan fingerprint density at radius 3 is 2.92 bits per heavy atom. The molecule has 0 radical (unpaired) electrons. The molecule has 0 spiro atoms. The second-order valence-corrected chi connectivity index (χ2v) is 3.37. The molecule has 0 fully saturated rings. The fourth-order valence-electron chi connectivity index (χ4n) is 1.19. The Morgan fingerprint density at radius 1 is 1.33 bits per heavy atom. The molecular formula is C9H6O2S. The predicted octanol–water partition coefficient (Wildman–Crippen LogP) is 2.55. The Hall–Kier alpha value is -1.35. The van der Waals surface area contributed by atoms with Crippen molar-refractivity contribution >= 4 is 17.3 Å². The third-order valence-electron chi connectivity index (χ3n) is 1.72. The third kappa shape index (κ3) is 0.987. The summed E-state index contributed by atoms with van der Waals surface area (Å²) in [6.07, 6.45) is 0. The smallest absolute Gasteiger partial charge is 0.346 e. The topological polar surface area (TPSA) is 37.3 Å². The van der Waals surface area contributed by atoms with Gasteiger partial charge in [-0.2, -0.15) is 0 Å². The van der Waals surface area contributed by atoms with Crippen molar-refractivity contribution in [1.29, 1.82) is 0 Å². The first kappa shape index (κ1) is 7.31. The van der Waals surface area contributed by atoms with E-state index in [1.165, 1.54) is 11.3 Å². The van der Waals surface area contributed by atoms with Crippen LogP contribution in [-0.4, -0.2) is 11.1 Å². The summed E-state index contributed by atoms with van der Waals surface area (Å²) in [7, 11) is 0. The van der Waals surface area contributed by atoms with Crippen molar-refractivity contribution in [3.8, 4) is 11.1 Å². The van der Waals surface area contributed by atoms with Crippen LogP contribution < -0.4 is 0 Å². The van der Waals surface area contributed by atoms with Gasteiger partial charge in [-0.25, -0.2) is 4.79 Å². The maximum absolute atomic E-state index is 10.7. The van der Waals surface area contributed by atoms with Gasteiger partial charge < -0.3 is 5.11 Å². The maximum atomic E-state index is 10.7. The summed E-state index contributed by atoms with van der Waals surface area (Å²) in [5.41, 5.74) is 1.82. The molecule has 0 aromatic heterocycles. The molecule has 0 amide bonds. The highest BCUT2D eigenvalue weighted by Gasteiger charge is 2.12. The van der Waals surface area contributed by atoms with E-state index in [0.29, 0.717) is 4.88 Å². The summed E-state index contributed by atoms with van der Waals surface area (Å²) in [4.78, 5) is 11.1. The molecule has 0 atom stereocenters. The molecule has 1 heterocycles. The van der Waals surface area contributed by atoms with Crippen molar-refractivity contribution in [2.24, 2.45) is 0 Å². The highest BCUT2D eigenvalue weighted by molar-refractivity contribution is 7.12. The minimum atomic E-state index is -0.850. The zero-order valence-electron chi connectivity index (χ0n) is 6.15. The number of carboxylic acids is 1. The van der Waals surface area contributed by atoms with E-state index in [1.807, 2.05) is 24.3 Å². The van der Waals surface area contributed by atoms with E-state index in [9.17, 15) is 4.79 Å². The predicted molar refractivity (Wildman–Crippen MR) is 47.9 cm³/mol. The van der Waals surface area contributed by atoms with E-state index < -0.39 is 5.97 Å².